The van der Waals surface area contributed by atoms with Crippen molar-refractivity contribution in [2.75, 3.05) is 5.43 Å². The SMILES string of the molecule is O=[N+]([O-])c1ccc(N/N=C\c2ccc(Cl)cc2Cl)nc1. The van der Waals surface area contributed by atoms with Crippen LogP contribution in [0.4, 0.5) is 11.5 Å². The summed E-state index contributed by atoms with van der Waals surface area (Å²) < 4.78 is 0. The van der Waals surface area contributed by atoms with Crippen molar-refractivity contribution in [1.29, 1.82) is 0 Å². The molecule has 0 unspecified atom stereocenters. The number of nitrogens with one attached hydrogen (secondary N) is 1. The summed E-state index contributed by atoms with van der Waals surface area (Å²) in [5.74, 6) is 0.386. The Morgan fingerprint density at radius 1 is 1.30 bits per heavy atom. The van der Waals surface area contributed by atoms with Crippen LogP contribution in [-0.4, -0.2) is 16.1 Å². The van der Waals surface area contributed by atoms with Crippen LogP contribution >= 0.6 is 23.2 Å². The van der Waals surface area contributed by atoms with Gasteiger partial charge in [-0.15, -0.1) is 0 Å². The highest BCUT2D eigenvalue weighted by Gasteiger charge is 2.04. The highest BCUT2D eigenvalue weighted by atomic mass is 35.5. The fraction of sp³-hybridized carbons (Fsp3) is 0. The molecule has 0 spiro atoms. The van der Waals surface area contributed by atoms with E-state index >= 15 is 0 Å². The zero-order valence-corrected chi connectivity index (χ0v) is 11.5. The first-order valence-corrected chi connectivity index (χ1v) is 6.16. The predicted octanol–water partition coefficient (Wildman–Crippen LogP) is 3.74. The van der Waals surface area contributed by atoms with Crippen LogP contribution in [0.25, 0.3) is 0 Å². The number of nitrogens with zero attached hydrogens (tertiary/aromatic N) is 3. The number of pyridine rings is 1. The van der Waals surface area contributed by atoms with Crippen LogP contribution in [0.15, 0.2) is 41.6 Å². The van der Waals surface area contributed by atoms with Crippen LogP contribution in [-0.2, 0) is 0 Å². The van der Waals surface area contributed by atoms with Crippen LogP contribution in [0.3, 0.4) is 0 Å². The molecular weight excluding hydrogens is 303 g/mol. The summed E-state index contributed by atoms with van der Waals surface area (Å²) >= 11 is 11.8. The van der Waals surface area contributed by atoms with E-state index in [0.29, 0.717) is 21.4 Å². The minimum atomic E-state index is -0.520. The number of nitro groups is 1. The van der Waals surface area contributed by atoms with E-state index in [9.17, 15) is 10.1 Å². The molecule has 2 rings (SSSR count). The van der Waals surface area contributed by atoms with Crippen LogP contribution < -0.4 is 5.43 Å². The van der Waals surface area contributed by atoms with Gasteiger partial charge < -0.3 is 0 Å². The van der Waals surface area contributed by atoms with Crippen molar-refractivity contribution in [3.05, 3.63) is 62.3 Å². The van der Waals surface area contributed by atoms with Gasteiger partial charge in [0, 0.05) is 16.7 Å². The molecule has 1 heterocycles. The fourth-order valence-corrected chi connectivity index (χ4v) is 1.79. The zero-order chi connectivity index (χ0) is 14.5. The quantitative estimate of drug-likeness (QED) is 0.530. The molecule has 1 N–H and O–H groups in total. The summed E-state index contributed by atoms with van der Waals surface area (Å²) in [6.07, 6.45) is 2.65. The van der Waals surface area contributed by atoms with Crippen molar-refractivity contribution < 1.29 is 4.92 Å². The zero-order valence-electron chi connectivity index (χ0n) is 9.96. The van der Waals surface area contributed by atoms with Gasteiger partial charge >= 0.3 is 0 Å². The predicted molar refractivity (Wildman–Crippen MR) is 78.6 cm³/mol. The van der Waals surface area contributed by atoms with Crippen molar-refractivity contribution in [1.82, 2.24) is 4.98 Å². The number of aromatic nitrogens is 1. The molecule has 0 aliphatic heterocycles. The first-order valence-electron chi connectivity index (χ1n) is 5.41. The summed E-state index contributed by atoms with van der Waals surface area (Å²) in [5, 5.41) is 15.4. The normalized spacial score (nSPS) is 10.7. The Kier molecular flexibility index (Phi) is 4.49. The van der Waals surface area contributed by atoms with Crippen molar-refractivity contribution in [2.24, 2.45) is 5.10 Å². The van der Waals surface area contributed by atoms with E-state index in [4.69, 9.17) is 23.2 Å². The van der Waals surface area contributed by atoms with Gasteiger partial charge in [-0.25, -0.2) is 4.98 Å². The molecule has 8 heteroatoms. The molecule has 1 aromatic heterocycles. The highest BCUT2D eigenvalue weighted by Crippen LogP contribution is 2.19. The average molecular weight is 311 g/mol. The first kappa shape index (κ1) is 14.2. The van der Waals surface area contributed by atoms with E-state index in [1.165, 1.54) is 18.3 Å². The Hall–Kier alpha value is -2.18. The fourth-order valence-electron chi connectivity index (χ4n) is 1.33. The van der Waals surface area contributed by atoms with E-state index < -0.39 is 4.92 Å². The second kappa shape index (κ2) is 6.31. The third-order valence-electron chi connectivity index (χ3n) is 2.30. The van der Waals surface area contributed by atoms with Gasteiger partial charge in [-0.05, 0) is 18.2 Å². The lowest BCUT2D eigenvalue weighted by atomic mass is 10.2. The summed E-state index contributed by atoms with van der Waals surface area (Å²) in [4.78, 5) is 13.8. The number of rotatable bonds is 4. The third-order valence-corrected chi connectivity index (χ3v) is 2.87. The number of benzene rings is 1. The molecule has 0 amide bonds. The maximum absolute atomic E-state index is 10.5. The number of hydrogen-bond acceptors (Lipinski definition) is 5. The lowest BCUT2D eigenvalue weighted by Crippen LogP contribution is -1.95. The van der Waals surface area contributed by atoms with Crippen molar-refractivity contribution in [3.63, 3.8) is 0 Å². The van der Waals surface area contributed by atoms with Crippen LogP contribution in [0.1, 0.15) is 5.56 Å². The summed E-state index contributed by atoms with van der Waals surface area (Å²) in [7, 11) is 0. The monoisotopic (exact) mass is 310 g/mol. The highest BCUT2D eigenvalue weighted by molar-refractivity contribution is 6.36. The number of anilines is 1. The van der Waals surface area contributed by atoms with Gasteiger partial charge in [-0.1, -0.05) is 29.3 Å². The number of hydrogen-bond donors (Lipinski definition) is 1. The van der Waals surface area contributed by atoms with Gasteiger partial charge in [-0.3, -0.25) is 15.5 Å². The molecule has 1 aromatic carbocycles. The molecule has 0 bridgehead atoms. The molecule has 0 aliphatic carbocycles. The van der Waals surface area contributed by atoms with Gasteiger partial charge in [0.2, 0.25) is 0 Å². The topological polar surface area (TPSA) is 80.4 Å². The van der Waals surface area contributed by atoms with Gasteiger partial charge in [0.15, 0.2) is 0 Å². The second-order valence-corrected chi connectivity index (χ2v) is 4.54. The minimum absolute atomic E-state index is 0.0831. The Balaban J connectivity index is 2.04. The van der Waals surface area contributed by atoms with Gasteiger partial charge in [0.1, 0.15) is 12.0 Å². The smallest absolute Gasteiger partial charge is 0.261 e. The maximum Gasteiger partial charge on any atom is 0.287 e. The van der Waals surface area contributed by atoms with Crippen molar-refractivity contribution in [2.45, 2.75) is 0 Å². The van der Waals surface area contributed by atoms with Gasteiger partial charge in [-0.2, -0.15) is 5.10 Å². The molecular formula is C12H8Cl2N4O2. The summed E-state index contributed by atoms with van der Waals surface area (Å²) in [6, 6.07) is 7.81. The van der Waals surface area contributed by atoms with Gasteiger partial charge in [0.25, 0.3) is 5.69 Å². The van der Waals surface area contributed by atoms with E-state index in [1.54, 1.807) is 18.2 Å². The molecule has 0 saturated carbocycles. The molecule has 2 aromatic rings. The molecule has 102 valence electrons. The Bertz CT molecular complexity index is 659. The van der Waals surface area contributed by atoms with Crippen LogP contribution in [0.5, 0.6) is 0 Å². The third kappa shape index (κ3) is 3.66. The first-order chi connectivity index (χ1) is 9.56. The Morgan fingerprint density at radius 2 is 2.10 bits per heavy atom. The van der Waals surface area contributed by atoms with E-state index in [1.807, 2.05) is 0 Å². The van der Waals surface area contributed by atoms with Crippen molar-refractivity contribution in [3.8, 4) is 0 Å². The molecule has 0 saturated heterocycles. The van der Waals surface area contributed by atoms with Gasteiger partial charge in [0.05, 0.1) is 16.2 Å². The molecule has 0 fully saturated rings. The number of hydrazone groups is 1. The minimum Gasteiger partial charge on any atom is -0.261 e. The summed E-state index contributed by atoms with van der Waals surface area (Å²) in [5.41, 5.74) is 3.25. The molecule has 0 radical (unpaired) electrons. The van der Waals surface area contributed by atoms with Crippen LogP contribution in [0, 0.1) is 10.1 Å². The molecule has 0 atom stereocenters. The summed E-state index contributed by atoms with van der Waals surface area (Å²) in [6.45, 7) is 0. The van der Waals surface area contributed by atoms with E-state index in [0.717, 1.165) is 6.20 Å². The lowest BCUT2D eigenvalue weighted by Gasteiger charge is -2.00. The second-order valence-electron chi connectivity index (χ2n) is 3.69. The molecule has 0 aliphatic rings. The number of halogens is 2. The maximum atomic E-state index is 10.5. The van der Waals surface area contributed by atoms with E-state index in [-0.39, 0.29) is 5.69 Å². The van der Waals surface area contributed by atoms with E-state index in [2.05, 4.69) is 15.5 Å². The van der Waals surface area contributed by atoms with Crippen molar-refractivity contribution >= 4 is 40.9 Å². The molecule has 6 nitrogen and oxygen atoms in total. The molecule has 20 heavy (non-hydrogen) atoms. The largest absolute Gasteiger partial charge is 0.287 e. The van der Waals surface area contributed by atoms with Crippen LogP contribution in [0.2, 0.25) is 10.0 Å². The average Bonchev–Trinajstić information content (AvgIpc) is 2.42. The Labute approximate surface area is 124 Å². The Morgan fingerprint density at radius 3 is 2.70 bits per heavy atom. The lowest BCUT2D eigenvalue weighted by molar-refractivity contribution is -0.385. The standard InChI is InChI=1S/C12H8Cl2N4O2/c13-9-2-1-8(11(14)5-9)6-16-17-12-4-3-10(7-15-12)18(19)20/h1-7H,(H,15,17)/b16-6-.